The first-order valence-corrected chi connectivity index (χ1v) is 5.52. The van der Waals surface area contributed by atoms with E-state index in [0.717, 1.165) is 16.6 Å². The van der Waals surface area contributed by atoms with Crippen molar-refractivity contribution in [3.63, 3.8) is 0 Å². The first-order chi connectivity index (χ1) is 7.77. The standard InChI is InChI=1S/C14H13NO/c1-9(2)10-4-3-5-12-14(10)11-6-7-15-8-13(11)16-12/h3-9H,1-2H3. The molecule has 0 aliphatic carbocycles. The molecule has 2 heterocycles. The normalized spacial score (nSPS) is 11.7. The number of furan rings is 1. The molecule has 80 valence electrons. The van der Waals surface area contributed by atoms with Gasteiger partial charge in [-0.15, -0.1) is 0 Å². The number of hydrogen-bond donors (Lipinski definition) is 0. The van der Waals surface area contributed by atoms with E-state index in [1.807, 2.05) is 24.4 Å². The molecule has 1 aromatic carbocycles. The van der Waals surface area contributed by atoms with Crippen molar-refractivity contribution in [1.29, 1.82) is 0 Å². The SMILES string of the molecule is CC(C)c1cccc2oc3cnccc3c12. The summed E-state index contributed by atoms with van der Waals surface area (Å²) in [7, 11) is 0. The van der Waals surface area contributed by atoms with Crippen molar-refractivity contribution in [3.05, 3.63) is 42.2 Å². The Morgan fingerprint density at radius 2 is 2.00 bits per heavy atom. The average Bonchev–Trinajstić information content (AvgIpc) is 2.66. The van der Waals surface area contributed by atoms with Crippen LogP contribution in [0.5, 0.6) is 0 Å². The molecule has 0 aliphatic rings. The van der Waals surface area contributed by atoms with E-state index >= 15 is 0 Å². The summed E-state index contributed by atoms with van der Waals surface area (Å²) in [5.74, 6) is 0.498. The van der Waals surface area contributed by atoms with Crippen LogP contribution in [-0.4, -0.2) is 4.98 Å². The Balaban J connectivity index is 2.53. The van der Waals surface area contributed by atoms with Gasteiger partial charge < -0.3 is 4.42 Å². The highest BCUT2D eigenvalue weighted by molar-refractivity contribution is 6.06. The second-order valence-corrected chi connectivity index (χ2v) is 4.35. The van der Waals surface area contributed by atoms with Gasteiger partial charge in [0.15, 0.2) is 5.58 Å². The van der Waals surface area contributed by atoms with E-state index in [0.29, 0.717) is 5.92 Å². The lowest BCUT2D eigenvalue weighted by atomic mass is 9.98. The van der Waals surface area contributed by atoms with Gasteiger partial charge in [-0.2, -0.15) is 0 Å². The van der Waals surface area contributed by atoms with Gasteiger partial charge in [-0.25, -0.2) is 0 Å². The minimum absolute atomic E-state index is 0.498. The van der Waals surface area contributed by atoms with Gasteiger partial charge in [-0.3, -0.25) is 4.98 Å². The van der Waals surface area contributed by atoms with Crippen molar-refractivity contribution >= 4 is 21.9 Å². The molecule has 0 saturated heterocycles. The quantitative estimate of drug-likeness (QED) is 0.605. The van der Waals surface area contributed by atoms with E-state index in [-0.39, 0.29) is 0 Å². The molecule has 0 spiro atoms. The molecule has 0 bridgehead atoms. The molecule has 2 nitrogen and oxygen atoms in total. The highest BCUT2D eigenvalue weighted by Crippen LogP contribution is 2.33. The summed E-state index contributed by atoms with van der Waals surface area (Å²) in [6, 6.07) is 8.25. The molecule has 0 unspecified atom stereocenters. The number of nitrogens with zero attached hydrogens (tertiary/aromatic N) is 1. The maximum Gasteiger partial charge on any atom is 0.153 e. The highest BCUT2D eigenvalue weighted by atomic mass is 16.3. The summed E-state index contributed by atoms with van der Waals surface area (Å²) in [5, 5.41) is 2.39. The van der Waals surface area contributed by atoms with Gasteiger partial charge in [-0.05, 0) is 23.6 Å². The lowest BCUT2D eigenvalue weighted by Crippen LogP contribution is -1.87. The van der Waals surface area contributed by atoms with E-state index in [9.17, 15) is 0 Å². The first kappa shape index (κ1) is 9.40. The van der Waals surface area contributed by atoms with Crippen molar-refractivity contribution in [2.24, 2.45) is 0 Å². The monoisotopic (exact) mass is 211 g/mol. The Labute approximate surface area is 93.9 Å². The van der Waals surface area contributed by atoms with Gasteiger partial charge in [0, 0.05) is 17.0 Å². The van der Waals surface area contributed by atoms with Gasteiger partial charge in [0.25, 0.3) is 0 Å². The molecule has 0 N–H and O–H groups in total. The predicted molar refractivity (Wildman–Crippen MR) is 65.6 cm³/mol. The van der Waals surface area contributed by atoms with E-state index < -0.39 is 0 Å². The summed E-state index contributed by atoms with van der Waals surface area (Å²) < 4.78 is 5.78. The lowest BCUT2D eigenvalue weighted by molar-refractivity contribution is 0.666. The van der Waals surface area contributed by atoms with E-state index in [1.165, 1.54) is 10.9 Å². The van der Waals surface area contributed by atoms with E-state index in [4.69, 9.17) is 4.42 Å². The predicted octanol–water partition coefficient (Wildman–Crippen LogP) is 4.10. The number of hydrogen-bond acceptors (Lipinski definition) is 2. The van der Waals surface area contributed by atoms with Crippen LogP contribution in [0.4, 0.5) is 0 Å². The van der Waals surface area contributed by atoms with E-state index in [1.54, 1.807) is 6.20 Å². The topological polar surface area (TPSA) is 26.0 Å². The Morgan fingerprint density at radius 3 is 2.81 bits per heavy atom. The summed E-state index contributed by atoms with van der Waals surface area (Å²) >= 11 is 0. The van der Waals surface area contributed by atoms with Crippen LogP contribution in [0.15, 0.2) is 41.1 Å². The Morgan fingerprint density at radius 1 is 1.12 bits per heavy atom. The summed E-state index contributed by atoms with van der Waals surface area (Å²) in [6.45, 7) is 4.41. The van der Waals surface area contributed by atoms with Crippen molar-refractivity contribution in [2.45, 2.75) is 19.8 Å². The molecule has 3 rings (SSSR count). The fourth-order valence-electron chi connectivity index (χ4n) is 2.19. The largest absolute Gasteiger partial charge is 0.454 e. The summed E-state index contributed by atoms with van der Waals surface area (Å²) in [5.41, 5.74) is 3.15. The molecular weight excluding hydrogens is 198 g/mol. The number of pyridine rings is 1. The Kier molecular flexibility index (Phi) is 1.96. The molecule has 0 saturated carbocycles. The van der Waals surface area contributed by atoms with Gasteiger partial charge in [0.1, 0.15) is 5.58 Å². The number of aromatic nitrogens is 1. The van der Waals surface area contributed by atoms with Crippen LogP contribution < -0.4 is 0 Å². The van der Waals surface area contributed by atoms with Crippen LogP contribution in [0, 0.1) is 0 Å². The third kappa shape index (κ3) is 1.23. The van der Waals surface area contributed by atoms with Gasteiger partial charge in [0.2, 0.25) is 0 Å². The molecule has 0 atom stereocenters. The fourth-order valence-corrected chi connectivity index (χ4v) is 2.19. The van der Waals surface area contributed by atoms with Gasteiger partial charge in [-0.1, -0.05) is 26.0 Å². The second-order valence-electron chi connectivity index (χ2n) is 4.35. The van der Waals surface area contributed by atoms with Crippen molar-refractivity contribution < 1.29 is 4.42 Å². The molecule has 16 heavy (non-hydrogen) atoms. The molecule has 0 fully saturated rings. The van der Waals surface area contributed by atoms with Crippen molar-refractivity contribution in [2.75, 3.05) is 0 Å². The molecule has 2 aromatic heterocycles. The zero-order valence-corrected chi connectivity index (χ0v) is 9.40. The maximum atomic E-state index is 5.78. The van der Waals surface area contributed by atoms with Crippen molar-refractivity contribution in [1.82, 2.24) is 4.98 Å². The average molecular weight is 211 g/mol. The third-order valence-corrected chi connectivity index (χ3v) is 2.95. The third-order valence-electron chi connectivity index (χ3n) is 2.95. The molecule has 0 aliphatic heterocycles. The first-order valence-electron chi connectivity index (χ1n) is 5.52. The zero-order valence-electron chi connectivity index (χ0n) is 9.40. The zero-order chi connectivity index (χ0) is 11.1. The maximum absolute atomic E-state index is 5.78. The van der Waals surface area contributed by atoms with E-state index in [2.05, 4.69) is 24.9 Å². The number of benzene rings is 1. The number of fused-ring (bicyclic) bond motifs is 3. The van der Waals surface area contributed by atoms with Crippen molar-refractivity contribution in [3.8, 4) is 0 Å². The molecule has 3 aromatic rings. The summed E-state index contributed by atoms with van der Waals surface area (Å²) in [6.07, 6.45) is 3.59. The van der Waals surface area contributed by atoms with Crippen LogP contribution in [-0.2, 0) is 0 Å². The van der Waals surface area contributed by atoms with Crippen LogP contribution in [0.1, 0.15) is 25.3 Å². The smallest absolute Gasteiger partial charge is 0.153 e. The molecule has 2 heteroatoms. The lowest BCUT2D eigenvalue weighted by Gasteiger charge is -2.06. The van der Waals surface area contributed by atoms with Gasteiger partial charge in [0.05, 0.1) is 6.20 Å². The fraction of sp³-hybridized carbons (Fsp3) is 0.214. The van der Waals surface area contributed by atoms with Crippen LogP contribution in [0.3, 0.4) is 0 Å². The van der Waals surface area contributed by atoms with Crippen LogP contribution >= 0.6 is 0 Å². The van der Waals surface area contributed by atoms with Crippen LogP contribution in [0.2, 0.25) is 0 Å². The molecule has 0 amide bonds. The minimum atomic E-state index is 0.498. The summed E-state index contributed by atoms with van der Waals surface area (Å²) in [4.78, 5) is 4.09. The Hall–Kier alpha value is -1.83. The molecule has 0 radical (unpaired) electrons. The number of rotatable bonds is 1. The Bertz CT molecular complexity index is 652. The minimum Gasteiger partial charge on any atom is -0.454 e. The highest BCUT2D eigenvalue weighted by Gasteiger charge is 2.12. The van der Waals surface area contributed by atoms with Crippen LogP contribution in [0.25, 0.3) is 21.9 Å². The van der Waals surface area contributed by atoms with Gasteiger partial charge >= 0.3 is 0 Å². The second kappa shape index (κ2) is 3.34. The molecular formula is C14H13NO.